The predicted molar refractivity (Wildman–Crippen MR) is 250 cm³/mol. The minimum Gasteiger partial charge on any atom is -0.391 e. The van der Waals surface area contributed by atoms with Gasteiger partial charge in [-0.15, -0.1) is 0 Å². The minimum atomic E-state index is -1.84. The van der Waals surface area contributed by atoms with Crippen LogP contribution in [0.1, 0.15) is 73.1 Å². The Hall–Kier alpha value is -5.66. The standard InChI is InChI=1S/C39H68N13O15S2/c1-16(31(59)50-29(19(4)55)38(66)46-21(13-53)9-10-26(42)57)44-35(63)24(14-68)49-39(67)30(20(5)56)51-32(60)17(2)45-37(65)28(18(3)54)52-34(62)23(12-27(43)58)47-36(64)25(15-69)48-33(61)22(41)8-6-7-11-40/h16-25,28-30,54-56,68-69H,6-12,14-15,40-41H2,1-5H3,(H2,42,57)(H2,43,58)(H,44,63)(H,45,65)(H,46,66)(H,47,64)(H,48,61)(H,49,67)(H,50,59)(H,51,60)(H,52,62)/t16-,17-,18+,19+,20+,21-,22-,23-,24-,25-,28-,29-,30-/m0/s1. The molecule has 0 aliphatic rings. The van der Waals surface area contributed by atoms with E-state index in [4.69, 9.17) is 22.9 Å². The number of nitrogens with one attached hydrogen (secondary N) is 9. The molecule has 0 aromatic heterocycles. The van der Waals surface area contributed by atoms with Crippen molar-refractivity contribution in [2.45, 2.75) is 152 Å². The molecule has 0 bridgehead atoms. The molecular weight excluding hydrogens is 955 g/mol. The van der Waals surface area contributed by atoms with Crippen LogP contribution in [0.2, 0.25) is 0 Å². The summed E-state index contributed by atoms with van der Waals surface area (Å²) in [6.07, 6.45) is -3.23. The molecule has 391 valence electrons. The third-order valence-electron chi connectivity index (χ3n) is 9.81. The maximum Gasteiger partial charge on any atom is 0.245 e. The maximum atomic E-state index is 13.3. The van der Waals surface area contributed by atoms with Crippen LogP contribution in [0, 0.1) is 0 Å². The van der Waals surface area contributed by atoms with Gasteiger partial charge in [0, 0.05) is 17.9 Å². The number of rotatable bonds is 33. The van der Waals surface area contributed by atoms with Gasteiger partial charge in [-0.1, -0.05) is 6.42 Å². The molecule has 28 nitrogen and oxygen atoms in total. The van der Waals surface area contributed by atoms with Gasteiger partial charge in [-0.3, -0.25) is 57.5 Å². The van der Waals surface area contributed by atoms with Crippen LogP contribution in [-0.4, -0.2) is 183 Å². The van der Waals surface area contributed by atoms with Gasteiger partial charge in [0.15, 0.2) is 0 Å². The van der Waals surface area contributed by atoms with Gasteiger partial charge in [0.25, 0.3) is 0 Å². The Labute approximate surface area is 409 Å². The van der Waals surface area contributed by atoms with E-state index < -0.39 is 156 Å². The number of amides is 11. The number of primary amides is 2. The van der Waals surface area contributed by atoms with Gasteiger partial charge in [-0.25, -0.2) is 0 Å². The van der Waals surface area contributed by atoms with Crippen molar-refractivity contribution in [3.05, 3.63) is 0 Å². The van der Waals surface area contributed by atoms with Crippen molar-refractivity contribution < 1.29 is 72.9 Å². The number of hydrogen-bond acceptors (Lipinski definition) is 19. The van der Waals surface area contributed by atoms with Gasteiger partial charge in [-0.2, -0.15) is 25.3 Å². The zero-order valence-corrected chi connectivity index (χ0v) is 40.6. The van der Waals surface area contributed by atoms with Crippen molar-refractivity contribution in [3.8, 4) is 0 Å². The number of thiol groups is 2. The van der Waals surface area contributed by atoms with E-state index in [1.54, 1.807) is 0 Å². The fraction of sp³-hybridized carbons (Fsp3) is 0.692. The first-order chi connectivity index (χ1) is 32.1. The van der Waals surface area contributed by atoms with Gasteiger partial charge < -0.3 is 86.1 Å². The Morgan fingerprint density at radius 1 is 0.493 bits per heavy atom. The maximum absolute atomic E-state index is 13.3. The summed E-state index contributed by atoms with van der Waals surface area (Å²) in [7, 11) is 0. The fourth-order valence-electron chi connectivity index (χ4n) is 5.73. The number of aliphatic hydroxyl groups is 3. The van der Waals surface area contributed by atoms with Gasteiger partial charge in [-0.05, 0) is 60.4 Å². The van der Waals surface area contributed by atoms with Crippen LogP contribution >= 0.6 is 25.3 Å². The highest BCUT2D eigenvalue weighted by molar-refractivity contribution is 7.80. The highest BCUT2D eigenvalue weighted by Crippen LogP contribution is 2.05. The van der Waals surface area contributed by atoms with Crippen molar-refractivity contribution in [3.63, 3.8) is 0 Å². The molecule has 0 heterocycles. The second kappa shape index (κ2) is 32.2. The van der Waals surface area contributed by atoms with E-state index in [0.29, 0.717) is 19.4 Å². The molecule has 0 aliphatic heterocycles. The summed E-state index contributed by atoms with van der Waals surface area (Å²) in [4.78, 5) is 152. The van der Waals surface area contributed by atoms with Gasteiger partial charge >= 0.3 is 0 Å². The van der Waals surface area contributed by atoms with Crippen molar-refractivity contribution in [2.24, 2.45) is 22.9 Å². The Balaban J connectivity index is 5.79. The molecule has 13 atom stereocenters. The Morgan fingerprint density at radius 3 is 1.28 bits per heavy atom. The van der Waals surface area contributed by atoms with Gasteiger partial charge in [0.05, 0.1) is 36.8 Å². The molecule has 0 unspecified atom stereocenters. The normalized spacial score (nSPS) is 16.7. The number of aliphatic hydroxyl groups excluding tert-OH is 3. The van der Waals surface area contributed by atoms with Crippen LogP contribution < -0.4 is 70.8 Å². The van der Waals surface area contributed by atoms with Crippen molar-refractivity contribution >= 4 is 96.5 Å². The van der Waals surface area contributed by atoms with Gasteiger partial charge in [0.2, 0.25) is 71.3 Å². The average Bonchev–Trinajstić information content (AvgIpc) is 3.26. The summed E-state index contributed by atoms with van der Waals surface area (Å²) in [5.41, 5.74) is 21.7. The van der Waals surface area contributed by atoms with Crippen LogP contribution in [0.3, 0.4) is 0 Å². The van der Waals surface area contributed by atoms with Crippen molar-refractivity contribution in [1.82, 2.24) is 47.9 Å². The van der Waals surface area contributed by atoms with E-state index in [2.05, 4.69) is 73.1 Å². The molecule has 0 aromatic carbocycles. The molecule has 0 aromatic rings. The molecule has 0 fully saturated rings. The molecular formula is C39H68N13O15S2. The number of nitrogens with two attached hydrogens (primary N) is 4. The quantitative estimate of drug-likeness (QED) is 0.0214. The summed E-state index contributed by atoms with van der Waals surface area (Å²) in [6.45, 7) is 6.03. The zero-order valence-electron chi connectivity index (χ0n) is 38.8. The minimum absolute atomic E-state index is 0.209. The second-order valence-corrected chi connectivity index (χ2v) is 16.7. The molecule has 30 heteroatoms. The molecule has 20 N–H and O–H groups in total. The molecule has 11 amide bonds. The highest BCUT2D eigenvalue weighted by atomic mass is 32.1. The van der Waals surface area contributed by atoms with E-state index in [0.717, 1.165) is 27.7 Å². The summed E-state index contributed by atoms with van der Waals surface area (Å²) in [5.74, 6) is -11.9. The largest absolute Gasteiger partial charge is 0.391 e. The molecule has 0 saturated carbocycles. The number of carbonyl (C=O) groups excluding carboxylic acids is 12. The summed E-state index contributed by atoms with van der Waals surface area (Å²) in [5, 5.41) is 51.2. The molecule has 0 saturated heterocycles. The van der Waals surface area contributed by atoms with E-state index in [1.807, 2.05) is 0 Å². The first kappa shape index (κ1) is 63.3. The Bertz CT molecular complexity index is 1810. The number of hydrogen-bond donors (Lipinski definition) is 18. The molecule has 0 rings (SSSR count). The monoisotopic (exact) mass is 1020 g/mol. The summed E-state index contributed by atoms with van der Waals surface area (Å²) in [6, 6.07) is -15.2. The van der Waals surface area contributed by atoms with Crippen LogP contribution in [0.4, 0.5) is 0 Å². The number of unbranched alkanes of at least 4 members (excludes halogenated alkanes) is 1. The molecule has 69 heavy (non-hydrogen) atoms. The SMILES string of the molecule is C[C@H](NC(=O)[C@H](CS)NC(=O)[C@@H](NC(=O)[C@H](C)NC(=O)[C@@H](NC(=O)[C@H](CC(N)=O)NC(=O)[C@H](CS)NC(=O)[C@@H](N)CCCCN)[C@@H](C)O)[C@@H](C)O)C(=O)N[C@H](C(=O)N[C@H]([C]=O)CCC(N)=O)[C@@H](C)O. The Kier molecular flexibility index (Phi) is 29.6. The van der Waals surface area contributed by atoms with E-state index >= 15 is 0 Å². The topological polar surface area (TPSA) is 478 Å². The van der Waals surface area contributed by atoms with E-state index in [1.165, 1.54) is 13.2 Å². The molecule has 0 spiro atoms. The highest BCUT2D eigenvalue weighted by Gasteiger charge is 2.36. The smallest absolute Gasteiger partial charge is 0.245 e. The number of carbonyl (C=O) groups is 11. The van der Waals surface area contributed by atoms with Crippen LogP contribution in [-0.2, 0) is 57.5 Å². The predicted octanol–water partition coefficient (Wildman–Crippen LogP) is -8.90. The Morgan fingerprint density at radius 2 is 0.870 bits per heavy atom. The van der Waals surface area contributed by atoms with E-state index in [9.17, 15) is 72.9 Å². The van der Waals surface area contributed by atoms with E-state index in [-0.39, 0.29) is 25.0 Å². The van der Waals surface area contributed by atoms with Crippen molar-refractivity contribution in [1.29, 1.82) is 0 Å². The lowest BCUT2D eigenvalue weighted by Crippen LogP contribution is -2.63. The lowest BCUT2D eigenvalue weighted by molar-refractivity contribution is -0.138. The third kappa shape index (κ3) is 23.5. The molecule has 1 radical (unpaired) electrons. The zero-order chi connectivity index (χ0) is 53.3. The lowest BCUT2D eigenvalue weighted by Gasteiger charge is -2.28. The first-order valence-corrected chi connectivity index (χ1v) is 22.8. The lowest BCUT2D eigenvalue weighted by atomic mass is 10.1. The van der Waals surface area contributed by atoms with Crippen LogP contribution in [0.15, 0.2) is 0 Å². The second-order valence-electron chi connectivity index (χ2n) is 15.9. The summed E-state index contributed by atoms with van der Waals surface area (Å²) < 4.78 is 0. The average molecular weight is 1020 g/mol. The van der Waals surface area contributed by atoms with Crippen LogP contribution in [0.5, 0.6) is 0 Å². The first-order valence-electron chi connectivity index (χ1n) is 21.5. The fourth-order valence-corrected chi connectivity index (χ4v) is 6.25. The summed E-state index contributed by atoms with van der Waals surface area (Å²) >= 11 is 8.12. The van der Waals surface area contributed by atoms with Crippen molar-refractivity contribution in [2.75, 3.05) is 18.1 Å². The molecule has 0 aliphatic carbocycles. The van der Waals surface area contributed by atoms with Crippen LogP contribution in [0.25, 0.3) is 0 Å². The van der Waals surface area contributed by atoms with Gasteiger partial charge in [0.1, 0.15) is 48.3 Å². The third-order valence-corrected chi connectivity index (χ3v) is 10.5.